The number of hydrogen-bond acceptors (Lipinski definition) is 6. The molecule has 9 nitrogen and oxygen atoms in total. The van der Waals surface area contributed by atoms with Crippen LogP contribution in [-0.2, 0) is 11.8 Å². The van der Waals surface area contributed by atoms with E-state index in [4.69, 9.17) is 9.72 Å². The van der Waals surface area contributed by atoms with E-state index in [2.05, 4.69) is 40.7 Å². The van der Waals surface area contributed by atoms with Crippen molar-refractivity contribution in [2.45, 2.75) is 32.7 Å². The Morgan fingerprint density at radius 3 is 2.39 bits per heavy atom. The maximum atomic E-state index is 5.01. The Balaban J connectivity index is 0.000000334. The van der Waals surface area contributed by atoms with Crippen molar-refractivity contribution in [1.29, 1.82) is 0 Å². The van der Waals surface area contributed by atoms with Crippen LogP contribution in [0.5, 0.6) is 0 Å². The minimum absolute atomic E-state index is 0.413. The number of nitrogens with one attached hydrogen (secondary N) is 1. The van der Waals surface area contributed by atoms with Gasteiger partial charge < -0.3 is 10.1 Å². The highest BCUT2D eigenvalue weighted by atomic mass is 16.5. The van der Waals surface area contributed by atoms with Gasteiger partial charge in [-0.05, 0) is 18.9 Å². The zero-order valence-electron chi connectivity index (χ0n) is 18.4. The molecule has 9 heteroatoms. The second kappa shape index (κ2) is 9.84. The Morgan fingerprint density at radius 2 is 1.77 bits per heavy atom. The Hall–Kier alpha value is -3.04. The van der Waals surface area contributed by atoms with Gasteiger partial charge in [-0.25, -0.2) is 9.50 Å². The molecule has 0 bridgehead atoms. The number of morpholine rings is 1. The maximum Gasteiger partial charge on any atom is 0.0999 e. The van der Waals surface area contributed by atoms with Crippen LogP contribution in [0.2, 0.25) is 0 Å². The van der Waals surface area contributed by atoms with E-state index in [1.165, 1.54) is 0 Å². The quantitative estimate of drug-likeness (QED) is 0.532. The second-order valence-corrected chi connectivity index (χ2v) is 7.58. The summed E-state index contributed by atoms with van der Waals surface area (Å²) in [7, 11) is 1.90. The van der Waals surface area contributed by atoms with E-state index in [9.17, 15) is 0 Å². The van der Waals surface area contributed by atoms with Crippen LogP contribution in [0.25, 0.3) is 28.0 Å². The summed E-state index contributed by atoms with van der Waals surface area (Å²) >= 11 is 0. The van der Waals surface area contributed by atoms with Crippen molar-refractivity contribution in [2.75, 3.05) is 26.3 Å². The van der Waals surface area contributed by atoms with Crippen molar-refractivity contribution in [3.63, 3.8) is 0 Å². The van der Waals surface area contributed by atoms with Crippen LogP contribution in [0, 0.1) is 0 Å². The molecule has 0 spiro atoms. The highest BCUT2D eigenvalue weighted by Crippen LogP contribution is 2.27. The second-order valence-electron chi connectivity index (χ2n) is 7.58. The average Bonchev–Trinajstić information content (AvgIpc) is 3.56. The van der Waals surface area contributed by atoms with Crippen LogP contribution < -0.4 is 5.32 Å². The molecule has 1 N–H and O–H groups in total. The van der Waals surface area contributed by atoms with E-state index in [0.29, 0.717) is 6.04 Å². The monoisotopic (exact) mass is 422 g/mol. The van der Waals surface area contributed by atoms with E-state index < -0.39 is 0 Å². The van der Waals surface area contributed by atoms with Crippen LogP contribution in [-0.4, -0.2) is 60.5 Å². The lowest BCUT2D eigenvalue weighted by molar-refractivity contribution is 0.109. The summed E-state index contributed by atoms with van der Waals surface area (Å²) in [5, 5.41) is 16.4. The Bertz CT molecular complexity index is 1090. The molecular weight excluding hydrogens is 392 g/mol. The summed E-state index contributed by atoms with van der Waals surface area (Å²) in [6.45, 7) is 8.21. The van der Waals surface area contributed by atoms with E-state index in [0.717, 1.165) is 67.2 Å². The molecule has 0 radical (unpaired) electrons. The lowest BCUT2D eigenvalue weighted by Crippen LogP contribution is -2.30. The fourth-order valence-corrected chi connectivity index (χ4v) is 3.67. The first-order valence-electron chi connectivity index (χ1n) is 10.9. The molecule has 0 saturated carbocycles. The fourth-order valence-electron chi connectivity index (χ4n) is 3.67. The lowest BCUT2D eigenvalue weighted by Gasteiger charge is -2.12. The van der Waals surface area contributed by atoms with Crippen LogP contribution in [0.4, 0.5) is 0 Å². The SMILES string of the molecule is C1COCCN1.CCC(CC)n1cc(-c2nc(-c3cnn(C)c3)cn3nccc23)cn1. The molecule has 0 aromatic carbocycles. The molecule has 1 fully saturated rings. The largest absolute Gasteiger partial charge is 0.379 e. The summed E-state index contributed by atoms with van der Waals surface area (Å²) in [4.78, 5) is 4.88. The molecule has 31 heavy (non-hydrogen) atoms. The molecule has 4 aromatic rings. The van der Waals surface area contributed by atoms with Crippen molar-refractivity contribution in [3.05, 3.63) is 43.2 Å². The van der Waals surface area contributed by atoms with Crippen molar-refractivity contribution < 1.29 is 4.74 Å². The minimum atomic E-state index is 0.413. The van der Waals surface area contributed by atoms with Crippen LogP contribution in [0.1, 0.15) is 32.7 Å². The van der Waals surface area contributed by atoms with Gasteiger partial charge >= 0.3 is 0 Å². The third-order valence-corrected chi connectivity index (χ3v) is 5.43. The molecule has 0 atom stereocenters. The predicted octanol–water partition coefficient (Wildman–Crippen LogP) is 2.96. The van der Waals surface area contributed by atoms with Crippen molar-refractivity contribution in [1.82, 2.24) is 39.5 Å². The van der Waals surface area contributed by atoms with E-state index in [1.54, 1.807) is 10.9 Å². The van der Waals surface area contributed by atoms with Crippen molar-refractivity contribution >= 4 is 5.52 Å². The molecule has 1 aliphatic rings. The zero-order valence-corrected chi connectivity index (χ0v) is 18.4. The first-order valence-corrected chi connectivity index (χ1v) is 10.9. The number of ether oxygens (including phenoxy) is 1. The molecule has 0 amide bonds. The molecule has 5 rings (SSSR count). The lowest BCUT2D eigenvalue weighted by atomic mass is 10.1. The molecular formula is C22H30N8O. The topological polar surface area (TPSA) is 87.1 Å². The fraction of sp³-hybridized carbons (Fsp3) is 0.455. The van der Waals surface area contributed by atoms with Crippen LogP contribution in [0.3, 0.4) is 0 Å². The maximum absolute atomic E-state index is 5.01. The minimum Gasteiger partial charge on any atom is -0.379 e. The highest BCUT2D eigenvalue weighted by molar-refractivity contribution is 5.78. The highest BCUT2D eigenvalue weighted by Gasteiger charge is 2.15. The van der Waals surface area contributed by atoms with Gasteiger partial charge in [-0.2, -0.15) is 15.3 Å². The van der Waals surface area contributed by atoms with E-state index in [1.807, 2.05) is 47.1 Å². The summed E-state index contributed by atoms with van der Waals surface area (Å²) in [6, 6.07) is 2.39. The van der Waals surface area contributed by atoms with Gasteiger partial charge in [-0.3, -0.25) is 9.36 Å². The van der Waals surface area contributed by atoms with Crippen LogP contribution in [0.15, 0.2) is 43.2 Å². The summed E-state index contributed by atoms with van der Waals surface area (Å²) in [6.07, 6.45) is 13.6. The van der Waals surface area contributed by atoms with Gasteiger partial charge in [0.1, 0.15) is 0 Å². The molecule has 1 aliphatic heterocycles. The number of nitrogens with zero attached hydrogens (tertiary/aromatic N) is 7. The van der Waals surface area contributed by atoms with Gasteiger partial charge in [-0.1, -0.05) is 13.8 Å². The molecule has 164 valence electrons. The van der Waals surface area contributed by atoms with Gasteiger partial charge in [0.2, 0.25) is 0 Å². The summed E-state index contributed by atoms with van der Waals surface area (Å²) < 4.78 is 10.7. The Labute approximate surface area is 182 Å². The van der Waals surface area contributed by atoms with E-state index in [-0.39, 0.29) is 0 Å². The normalized spacial score (nSPS) is 14.1. The molecule has 0 unspecified atom stereocenters. The van der Waals surface area contributed by atoms with Gasteiger partial charge in [0.15, 0.2) is 0 Å². The number of aromatic nitrogens is 7. The third kappa shape index (κ3) is 4.83. The smallest absolute Gasteiger partial charge is 0.0999 e. The summed E-state index contributed by atoms with van der Waals surface area (Å²) in [5.74, 6) is 0. The van der Waals surface area contributed by atoms with Crippen molar-refractivity contribution in [2.24, 2.45) is 7.05 Å². The average molecular weight is 423 g/mol. The van der Waals surface area contributed by atoms with Gasteiger partial charge in [0, 0.05) is 43.7 Å². The molecule has 1 saturated heterocycles. The number of aryl methyl sites for hydroxylation is 1. The molecule has 5 heterocycles. The van der Waals surface area contributed by atoms with Gasteiger partial charge in [-0.15, -0.1) is 0 Å². The first-order chi connectivity index (χ1) is 15.2. The first kappa shape index (κ1) is 21.2. The van der Waals surface area contributed by atoms with Crippen LogP contribution >= 0.6 is 0 Å². The standard InChI is InChI=1S/C18H21N7.C4H9NO/c1-4-15(5-2)24-11-14(9-21-24)18-17-6-7-19-25(17)12-16(22-18)13-8-20-23(3)10-13;1-3-6-4-2-5-1/h6-12,15H,4-5H2,1-3H3;5H,1-4H2. The zero-order chi connectivity index (χ0) is 21.6. The molecule has 4 aromatic heterocycles. The number of rotatable bonds is 5. The van der Waals surface area contributed by atoms with Gasteiger partial charge in [0.05, 0.1) is 60.9 Å². The number of hydrogen-bond donors (Lipinski definition) is 1. The summed E-state index contributed by atoms with van der Waals surface area (Å²) in [5.41, 5.74) is 4.67. The Morgan fingerprint density at radius 1 is 1.00 bits per heavy atom. The number of fused-ring (bicyclic) bond motifs is 1. The molecule has 0 aliphatic carbocycles. The predicted molar refractivity (Wildman–Crippen MR) is 120 cm³/mol. The van der Waals surface area contributed by atoms with Crippen molar-refractivity contribution in [3.8, 4) is 22.5 Å². The van der Waals surface area contributed by atoms with Gasteiger partial charge in [0.25, 0.3) is 0 Å². The van der Waals surface area contributed by atoms with E-state index >= 15 is 0 Å². The Kier molecular flexibility index (Phi) is 6.73. The third-order valence-electron chi connectivity index (χ3n) is 5.43.